The molecule has 0 aliphatic carbocycles. The van der Waals surface area contributed by atoms with Gasteiger partial charge >= 0.3 is 0 Å². The first-order valence-electron chi connectivity index (χ1n) is 8.76. The van der Waals surface area contributed by atoms with E-state index in [9.17, 15) is 13.0 Å². The van der Waals surface area contributed by atoms with Gasteiger partial charge in [0.25, 0.3) is 0 Å². The van der Waals surface area contributed by atoms with E-state index in [2.05, 4.69) is 55.5 Å². The van der Waals surface area contributed by atoms with E-state index >= 15 is 0 Å². The highest BCUT2D eigenvalue weighted by Gasteiger charge is 2.03. The highest BCUT2D eigenvalue weighted by molar-refractivity contribution is 7.85. The molecule has 3 nitrogen and oxygen atoms in total. The first-order chi connectivity index (χ1) is 12.0. The molecule has 2 rings (SSSR count). The quantitative estimate of drug-likeness (QED) is 0.271. The van der Waals surface area contributed by atoms with Crippen molar-refractivity contribution in [3.63, 3.8) is 0 Å². The van der Waals surface area contributed by atoms with Gasteiger partial charge in [-0.3, -0.25) is 0 Å². The Morgan fingerprint density at radius 3 is 1.64 bits per heavy atom. The van der Waals surface area contributed by atoms with Crippen molar-refractivity contribution in [1.29, 1.82) is 0 Å². The van der Waals surface area contributed by atoms with Gasteiger partial charge in [-0.05, 0) is 30.7 Å². The molecule has 0 aromatic heterocycles. The van der Waals surface area contributed by atoms with Crippen LogP contribution >= 0.6 is 0 Å². The zero-order valence-electron chi connectivity index (χ0n) is 14.8. The van der Waals surface area contributed by atoms with Gasteiger partial charge in [0.2, 0.25) is 0 Å². The summed E-state index contributed by atoms with van der Waals surface area (Å²) in [5, 5.41) is 0. The van der Waals surface area contributed by atoms with Crippen molar-refractivity contribution < 1.29 is 13.0 Å². The molecule has 0 aliphatic rings. The van der Waals surface area contributed by atoms with Crippen LogP contribution in [-0.4, -0.2) is 18.7 Å². The molecule has 0 atom stereocenters. The van der Waals surface area contributed by atoms with Crippen LogP contribution in [-0.2, 0) is 21.9 Å². The van der Waals surface area contributed by atoms with E-state index in [1.54, 1.807) is 0 Å². The average molecular weight is 381 g/mol. The predicted octanol–water partition coefficient (Wildman–Crippen LogP) is 4.81. The number of benzene rings is 2. The Kier molecular flexibility index (Phi) is 11.3. The lowest BCUT2D eigenvalue weighted by Crippen LogP contribution is -2.03. The van der Waals surface area contributed by atoms with E-state index in [4.69, 9.17) is 0 Å². The van der Waals surface area contributed by atoms with Crippen molar-refractivity contribution in [3.8, 4) is 0 Å². The lowest BCUT2D eigenvalue weighted by atomic mass is 10.1. The molecule has 5 heteroatoms. The van der Waals surface area contributed by atoms with E-state index in [-0.39, 0.29) is 5.75 Å². The van der Waals surface area contributed by atoms with E-state index in [1.807, 2.05) is 12.1 Å². The average Bonchev–Trinajstić information content (AvgIpc) is 2.59. The Labute approximate surface area is 156 Å². The highest BCUT2D eigenvalue weighted by Crippen LogP contribution is 2.10. The predicted molar refractivity (Wildman–Crippen MR) is 106 cm³/mol. The van der Waals surface area contributed by atoms with Crippen LogP contribution in [0.4, 0.5) is 0 Å². The van der Waals surface area contributed by atoms with Crippen molar-refractivity contribution in [2.45, 2.75) is 55.2 Å². The molecule has 0 N–H and O–H groups in total. The molecule has 2 aromatic rings. The Bertz CT molecular complexity index is 618. The number of hydrogen-bond acceptors (Lipinski definition) is 3. The minimum absolute atomic E-state index is 0.195. The van der Waals surface area contributed by atoms with Gasteiger partial charge in [-0.15, -0.1) is 0 Å². The molecule has 2 aromatic carbocycles. The van der Waals surface area contributed by atoms with Gasteiger partial charge < -0.3 is 4.55 Å². The molecule has 0 fully saturated rings. The molecule has 0 amide bonds. The number of hydrogen-bond donors (Lipinski definition) is 0. The van der Waals surface area contributed by atoms with Crippen molar-refractivity contribution >= 4 is 21.9 Å². The van der Waals surface area contributed by atoms with Crippen LogP contribution < -0.4 is 0 Å². The molecule has 0 spiro atoms. The summed E-state index contributed by atoms with van der Waals surface area (Å²) < 4.78 is 30.5. The van der Waals surface area contributed by atoms with Gasteiger partial charge in [-0.25, -0.2) is 8.42 Å². The van der Waals surface area contributed by atoms with E-state index < -0.39 is 10.1 Å². The van der Waals surface area contributed by atoms with Gasteiger partial charge in [-0.1, -0.05) is 75.4 Å². The molecule has 0 bridgehead atoms. The zero-order chi connectivity index (χ0) is 18.4. The maximum atomic E-state index is 10.2. The van der Waals surface area contributed by atoms with Crippen LogP contribution in [0.5, 0.6) is 0 Å². The third-order valence-electron chi connectivity index (χ3n) is 3.52. The highest BCUT2D eigenvalue weighted by atomic mass is 32.2. The van der Waals surface area contributed by atoms with Crippen LogP contribution in [0.3, 0.4) is 0 Å². The van der Waals surface area contributed by atoms with Crippen molar-refractivity contribution in [1.82, 2.24) is 0 Å². The molecule has 0 saturated carbocycles. The lowest BCUT2D eigenvalue weighted by molar-refractivity contribution is 0.459. The van der Waals surface area contributed by atoms with E-state index in [1.165, 1.54) is 34.4 Å². The minimum atomic E-state index is -3.97. The summed E-state index contributed by atoms with van der Waals surface area (Å²) in [5.41, 5.74) is 0. The van der Waals surface area contributed by atoms with Crippen LogP contribution in [0.1, 0.15) is 45.4 Å². The molecule has 0 saturated heterocycles. The minimum Gasteiger partial charge on any atom is -0.748 e. The molecule has 0 unspecified atom stereocenters. The molecule has 25 heavy (non-hydrogen) atoms. The van der Waals surface area contributed by atoms with Gasteiger partial charge in [0.15, 0.2) is 9.79 Å². The molecule has 0 heterocycles. The second-order valence-corrected chi connectivity index (χ2v) is 8.59. The smallest absolute Gasteiger partial charge is 0.158 e. The normalized spacial score (nSPS) is 10.8. The summed E-state index contributed by atoms with van der Waals surface area (Å²) in [5.74, 6) is -0.195. The van der Waals surface area contributed by atoms with Crippen LogP contribution in [0, 0.1) is 0 Å². The first-order valence-corrected chi connectivity index (χ1v) is 11.2. The summed E-state index contributed by atoms with van der Waals surface area (Å²) in [4.78, 5) is 2.68. The first kappa shape index (κ1) is 21.7. The Hall–Kier alpha value is -1.30. The largest absolute Gasteiger partial charge is 0.748 e. The van der Waals surface area contributed by atoms with Crippen molar-refractivity contribution in [2.24, 2.45) is 0 Å². The summed E-state index contributed by atoms with van der Waals surface area (Å²) in [6.45, 7) is 2.13. The summed E-state index contributed by atoms with van der Waals surface area (Å²) >= 11 is 1.28. The second kappa shape index (κ2) is 13.0. The summed E-state index contributed by atoms with van der Waals surface area (Å²) in [6, 6.07) is 21.0. The lowest BCUT2D eigenvalue weighted by Gasteiger charge is -2.05. The van der Waals surface area contributed by atoms with Crippen LogP contribution in [0.25, 0.3) is 0 Å². The summed E-state index contributed by atoms with van der Waals surface area (Å²) in [7, 11) is -3.97. The van der Waals surface area contributed by atoms with Crippen molar-refractivity contribution in [2.75, 3.05) is 5.75 Å². The van der Waals surface area contributed by atoms with Gasteiger partial charge in [0.05, 0.1) is 10.1 Å². The van der Waals surface area contributed by atoms with Crippen molar-refractivity contribution in [3.05, 3.63) is 60.7 Å². The number of unbranched alkanes of at least 4 members (excludes halogenated alkanes) is 5. The Morgan fingerprint density at radius 1 is 0.760 bits per heavy atom. The number of thiol groups is 1. The van der Waals surface area contributed by atoms with Gasteiger partial charge in [0.1, 0.15) is 0 Å². The molecular weight excluding hydrogens is 352 g/mol. The van der Waals surface area contributed by atoms with Crippen LogP contribution in [0.15, 0.2) is 70.5 Å². The molecule has 0 aliphatic heterocycles. The van der Waals surface area contributed by atoms with E-state index in [0.29, 0.717) is 6.42 Å². The fourth-order valence-corrected chi connectivity index (χ4v) is 3.71. The maximum absolute atomic E-state index is 10.2. The molecular formula is C20H28O3S2. The van der Waals surface area contributed by atoms with Gasteiger partial charge in [0, 0.05) is 17.5 Å². The molecule has 138 valence electrons. The van der Waals surface area contributed by atoms with Crippen LogP contribution in [0.2, 0.25) is 0 Å². The zero-order valence-corrected chi connectivity index (χ0v) is 16.5. The SMILES string of the molecule is CCCCCCCCS(=O)(=O)[O-].c1ccc([SH+]c2ccccc2)cc1. The Morgan fingerprint density at radius 2 is 1.20 bits per heavy atom. The molecule has 0 radical (unpaired) electrons. The van der Waals surface area contributed by atoms with E-state index in [0.717, 1.165) is 19.3 Å². The number of rotatable bonds is 9. The third kappa shape index (κ3) is 12.7. The topological polar surface area (TPSA) is 57.2 Å². The Balaban J connectivity index is 0.000000252. The van der Waals surface area contributed by atoms with Gasteiger partial charge in [-0.2, -0.15) is 0 Å². The summed E-state index contributed by atoms with van der Waals surface area (Å²) in [6.07, 6.45) is 5.96. The fraction of sp³-hybridized carbons (Fsp3) is 0.400. The monoisotopic (exact) mass is 380 g/mol. The second-order valence-electron chi connectivity index (χ2n) is 5.81. The fourth-order valence-electron chi connectivity index (χ4n) is 2.21. The standard InChI is InChI=1S/C12H10S.C8H18O3S/c1-3-7-11(8-4-1)13-12-9-5-2-6-10-12;1-2-3-4-5-6-7-8-12(9,10)11/h1-10H;2-8H2,1H3,(H,9,10,11). The maximum Gasteiger partial charge on any atom is 0.158 e. The third-order valence-corrected chi connectivity index (χ3v) is 5.42.